The van der Waals surface area contributed by atoms with Crippen molar-refractivity contribution >= 4 is 29.3 Å². The molecule has 2 aliphatic rings. The van der Waals surface area contributed by atoms with Crippen LogP contribution in [0.15, 0.2) is 11.4 Å². The van der Waals surface area contributed by atoms with Crippen molar-refractivity contribution in [3.63, 3.8) is 0 Å². The zero-order valence-corrected chi connectivity index (χ0v) is 14.1. The summed E-state index contributed by atoms with van der Waals surface area (Å²) in [7, 11) is 1.94. The maximum absolute atomic E-state index is 6.04. The molecule has 0 N–H and O–H groups in total. The van der Waals surface area contributed by atoms with Crippen LogP contribution in [0, 0.1) is 0 Å². The van der Waals surface area contributed by atoms with Crippen LogP contribution < -0.4 is 4.90 Å². The molecule has 1 saturated heterocycles. The van der Waals surface area contributed by atoms with E-state index in [0.717, 1.165) is 35.8 Å². The van der Waals surface area contributed by atoms with E-state index in [9.17, 15) is 0 Å². The van der Waals surface area contributed by atoms with Gasteiger partial charge in [0.1, 0.15) is 11.0 Å². The van der Waals surface area contributed by atoms with Crippen LogP contribution in [0.4, 0.5) is 5.95 Å². The molecule has 0 radical (unpaired) electrons. The molecule has 4 rings (SSSR count). The summed E-state index contributed by atoms with van der Waals surface area (Å²) in [5.41, 5.74) is 0. The summed E-state index contributed by atoms with van der Waals surface area (Å²) in [6.45, 7) is 2.20. The van der Waals surface area contributed by atoms with Gasteiger partial charge in [0.15, 0.2) is 5.16 Å². The van der Waals surface area contributed by atoms with Gasteiger partial charge in [0.25, 0.3) is 0 Å². The molecular formula is C14H19ClN6S. The van der Waals surface area contributed by atoms with Gasteiger partial charge in [0, 0.05) is 26.2 Å². The maximum Gasteiger partial charge on any atom is 0.228 e. The Kier molecular flexibility index (Phi) is 3.78. The van der Waals surface area contributed by atoms with Crippen LogP contribution >= 0.6 is 23.4 Å². The molecule has 118 valence electrons. The summed E-state index contributed by atoms with van der Waals surface area (Å²) < 4.78 is 4.24. The second kappa shape index (κ2) is 5.77. The molecule has 0 aromatic carbocycles. The average Bonchev–Trinajstić information content (AvgIpc) is 2.94. The van der Waals surface area contributed by atoms with Gasteiger partial charge in [0.2, 0.25) is 5.95 Å². The Morgan fingerprint density at radius 3 is 2.68 bits per heavy atom. The van der Waals surface area contributed by atoms with E-state index in [0.29, 0.717) is 11.2 Å². The van der Waals surface area contributed by atoms with Crippen LogP contribution in [0.2, 0.25) is 5.15 Å². The van der Waals surface area contributed by atoms with Crippen molar-refractivity contribution in [2.45, 2.75) is 42.6 Å². The van der Waals surface area contributed by atoms with E-state index in [1.165, 1.54) is 25.7 Å². The van der Waals surface area contributed by atoms with Crippen LogP contribution in [0.5, 0.6) is 0 Å². The number of anilines is 1. The Hall–Kier alpha value is -1.21. The van der Waals surface area contributed by atoms with Crippen LogP contribution in [-0.4, -0.2) is 37.4 Å². The molecule has 8 heteroatoms. The highest BCUT2D eigenvalue weighted by molar-refractivity contribution is 7.98. The summed E-state index contributed by atoms with van der Waals surface area (Å²) in [6.07, 6.45) is 6.68. The molecule has 0 unspecified atom stereocenters. The number of rotatable bonds is 5. The number of nitrogens with zero attached hydrogens (tertiary/aromatic N) is 6. The van der Waals surface area contributed by atoms with Crippen molar-refractivity contribution in [3.05, 3.63) is 17.2 Å². The molecule has 6 nitrogen and oxygen atoms in total. The fourth-order valence-corrected chi connectivity index (χ4v) is 3.98. The van der Waals surface area contributed by atoms with Gasteiger partial charge in [-0.2, -0.15) is 0 Å². The highest BCUT2D eigenvalue weighted by atomic mass is 35.5. The smallest absolute Gasteiger partial charge is 0.228 e. The number of hydrogen-bond donors (Lipinski definition) is 0. The summed E-state index contributed by atoms with van der Waals surface area (Å²) >= 11 is 7.74. The van der Waals surface area contributed by atoms with E-state index < -0.39 is 0 Å². The van der Waals surface area contributed by atoms with E-state index in [1.807, 2.05) is 11.6 Å². The number of imidazole rings is 1. The van der Waals surface area contributed by atoms with Crippen molar-refractivity contribution in [1.82, 2.24) is 24.3 Å². The van der Waals surface area contributed by atoms with E-state index in [1.54, 1.807) is 18.0 Å². The van der Waals surface area contributed by atoms with Crippen molar-refractivity contribution in [3.8, 4) is 0 Å². The standard InChI is InChI=1S/C14H19ClN6S/c1-19-11(15)8-16-12(19)9-22-14-18-17-13(20-6-2-3-7-20)21(14)10-4-5-10/h8,10H,2-7,9H2,1H3. The summed E-state index contributed by atoms with van der Waals surface area (Å²) in [5, 5.41) is 10.6. The van der Waals surface area contributed by atoms with Gasteiger partial charge < -0.3 is 9.47 Å². The fourth-order valence-electron chi connectivity index (χ4n) is 2.84. The third kappa shape index (κ3) is 2.60. The zero-order valence-electron chi connectivity index (χ0n) is 12.6. The van der Waals surface area contributed by atoms with E-state index in [2.05, 4.69) is 24.6 Å². The average molecular weight is 339 g/mol. The van der Waals surface area contributed by atoms with Crippen LogP contribution in [0.25, 0.3) is 0 Å². The van der Waals surface area contributed by atoms with Crippen LogP contribution in [0.3, 0.4) is 0 Å². The summed E-state index contributed by atoms with van der Waals surface area (Å²) in [5.74, 6) is 2.78. The third-order valence-corrected chi connectivity index (χ3v) is 5.60. The first-order chi connectivity index (χ1) is 10.7. The number of halogens is 1. The van der Waals surface area contributed by atoms with Gasteiger partial charge in [-0.1, -0.05) is 23.4 Å². The number of thioether (sulfide) groups is 1. The van der Waals surface area contributed by atoms with E-state index in [4.69, 9.17) is 11.6 Å². The molecule has 22 heavy (non-hydrogen) atoms. The van der Waals surface area contributed by atoms with Gasteiger partial charge >= 0.3 is 0 Å². The number of hydrogen-bond acceptors (Lipinski definition) is 5. The lowest BCUT2D eigenvalue weighted by Crippen LogP contribution is -2.22. The molecule has 3 heterocycles. The van der Waals surface area contributed by atoms with Gasteiger partial charge in [-0.25, -0.2) is 4.98 Å². The Balaban J connectivity index is 1.55. The predicted molar refractivity (Wildman–Crippen MR) is 87.5 cm³/mol. The minimum Gasteiger partial charge on any atom is -0.341 e. The van der Waals surface area contributed by atoms with Crippen LogP contribution in [0.1, 0.15) is 37.5 Å². The predicted octanol–water partition coefficient (Wildman–Crippen LogP) is 2.89. The number of aromatic nitrogens is 5. The lowest BCUT2D eigenvalue weighted by atomic mass is 10.4. The Morgan fingerprint density at radius 2 is 2.05 bits per heavy atom. The molecular weight excluding hydrogens is 320 g/mol. The van der Waals surface area contributed by atoms with Gasteiger partial charge in [-0.05, 0) is 25.7 Å². The Labute approximate surface area is 138 Å². The molecule has 2 fully saturated rings. The monoisotopic (exact) mass is 338 g/mol. The summed E-state index contributed by atoms with van der Waals surface area (Å²) in [4.78, 5) is 6.72. The molecule has 1 aliphatic carbocycles. The molecule has 0 atom stereocenters. The third-order valence-electron chi connectivity index (χ3n) is 4.31. The Bertz CT molecular complexity index is 671. The van der Waals surface area contributed by atoms with Gasteiger partial charge in [0.05, 0.1) is 11.9 Å². The minimum absolute atomic E-state index is 0.582. The molecule has 0 amide bonds. The molecule has 0 spiro atoms. The van der Waals surface area contributed by atoms with E-state index >= 15 is 0 Å². The lowest BCUT2D eigenvalue weighted by Gasteiger charge is -2.17. The fraction of sp³-hybridized carbons (Fsp3) is 0.643. The van der Waals surface area contributed by atoms with Crippen molar-refractivity contribution < 1.29 is 0 Å². The first-order valence-corrected chi connectivity index (χ1v) is 9.09. The topological polar surface area (TPSA) is 51.8 Å². The normalized spacial score (nSPS) is 18.4. The second-order valence-electron chi connectivity index (χ2n) is 5.92. The van der Waals surface area contributed by atoms with Crippen molar-refractivity contribution in [1.29, 1.82) is 0 Å². The zero-order chi connectivity index (χ0) is 15.1. The minimum atomic E-state index is 0.582. The lowest BCUT2D eigenvalue weighted by molar-refractivity contribution is 0.651. The van der Waals surface area contributed by atoms with Gasteiger partial charge in [-0.3, -0.25) is 4.57 Å². The second-order valence-corrected chi connectivity index (χ2v) is 7.25. The van der Waals surface area contributed by atoms with Crippen LogP contribution in [-0.2, 0) is 12.8 Å². The first kappa shape index (κ1) is 14.4. The first-order valence-electron chi connectivity index (χ1n) is 7.73. The molecule has 1 saturated carbocycles. The highest BCUT2D eigenvalue weighted by Gasteiger charge is 2.32. The largest absolute Gasteiger partial charge is 0.341 e. The molecule has 2 aromatic rings. The van der Waals surface area contributed by atoms with Gasteiger partial charge in [-0.15, -0.1) is 10.2 Å². The van der Waals surface area contributed by atoms with Crippen molar-refractivity contribution in [2.24, 2.45) is 7.05 Å². The quantitative estimate of drug-likeness (QED) is 0.785. The SMILES string of the molecule is Cn1c(Cl)cnc1CSc1nnc(N2CCCC2)n1C1CC1. The molecule has 0 bridgehead atoms. The maximum atomic E-state index is 6.04. The van der Waals surface area contributed by atoms with E-state index in [-0.39, 0.29) is 0 Å². The molecule has 2 aromatic heterocycles. The molecule has 1 aliphatic heterocycles. The summed E-state index contributed by atoms with van der Waals surface area (Å²) in [6, 6.07) is 0.582. The highest BCUT2D eigenvalue weighted by Crippen LogP contribution is 2.41. The van der Waals surface area contributed by atoms with Crippen molar-refractivity contribution in [2.75, 3.05) is 18.0 Å². The Morgan fingerprint density at radius 1 is 1.27 bits per heavy atom.